The van der Waals surface area contributed by atoms with Crippen molar-refractivity contribution in [1.29, 1.82) is 0 Å². The van der Waals surface area contributed by atoms with Crippen LogP contribution in [0.2, 0.25) is 5.02 Å². The smallest absolute Gasteiger partial charge is 0.257 e. The highest BCUT2D eigenvalue weighted by Gasteiger charge is 2.44. The summed E-state index contributed by atoms with van der Waals surface area (Å²) in [5.74, 6) is 0.0196. The van der Waals surface area contributed by atoms with E-state index < -0.39 is 11.9 Å². The Balaban J connectivity index is 1.66. The maximum absolute atomic E-state index is 13.6. The van der Waals surface area contributed by atoms with Crippen molar-refractivity contribution in [3.05, 3.63) is 88.9 Å². The number of imide groups is 1. The van der Waals surface area contributed by atoms with Crippen molar-refractivity contribution < 1.29 is 23.9 Å². The van der Waals surface area contributed by atoms with Crippen molar-refractivity contribution >= 4 is 35.0 Å². The quantitative estimate of drug-likeness (QED) is 0.425. The van der Waals surface area contributed by atoms with E-state index in [1.54, 1.807) is 73.8 Å². The summed E-state index contributed by atoms with van der Waals surface area (Å²) >= 11 is 6.37. The molecule has 1 aliphatic rings. The van der Waals surface area contributed by atoms with Crippen LogP contribution in [0.3, 0.4) is 0 Å². The second-order valence-electron chi connectivity index (χ2n) is 7.97. The van der Waals surface area contributed by atoms with Gasteiger partial charge in [0.25, 0.3) is 11.8 Å². The number of hydrogen-bond donors (Lipinski definition) is 0. The number of amides is 3. The first kappa shape index (κ1) is 24.3. The molecule has 8 heteroatoms. The third-order valence-corrected chi connectivity index (χ3v) is 6.17. The number of ether oxygens (including phenoxy) is 2. The van der Waals surface area contributed by atoms with Gasteiger partial charge in [-0.1, -0.05) is 29.8 Å². The van der Waals surface area contributed by atoms with E-state index in [2.05, 4.69) is 0 Å². The number of methoxy groups -OCH3 is 1. The van der Waals surface area contributed by atoms with Crippen molar-refractivity contribution in [3.8, 4) is 11.5 Å². The van der Waals surface area contributed by atoms with Crippen LogP contribution in [-0.2, 0) is 16.1 Å². The van der Waals surface area contributed by atoms with Gasteiger partial charge in [-0.25, -0.2) is 4.90 Å². The van der Waals surface area contributed by atoms with E-state index in [4.69, 9.17) is 21.1 Å². The number of rotatable bonds is 8. The third-order valence-electron chi connectivity index (χ3n) is 5.80. The van der Waals surface area contributed by atoms with Gasteiger partial charge in [-0.05, 0) is 67.1 Å². The third kappa shape index (κ3) is 5.15. The van der Waals surface area contributed by atoms with E-state index in [0.717, 1.165) is 4.90 Å². The Morgan fingerprint density at radius 3 is 2.29 bits per heavy atom. The minimum Gasteiger partial charge on any atom is -0.497 e. The molecular formula is C27H25ClN2O5. The molecule has 0 bridgehead atoms. The highest BCUT2D eigenvalue weighted by molar-refractivity contribution is 6.31. The number of benzene rings is 3. The molecule has 180 valence electrons. The molecule has 1 atom stereocenters. The Kier molecular flexibility index (Phi) is 7.36. The molecule has 3 aromatic carbocycles. The Labute approximate surface area is 208 Å². The maximum atomic E-state index is 13.6. The van der Waals surface area contributed by atoms with Crippen molar-refractivity contribution in [1.82, 2.24) is 4.90 Å². The van der Waals surface area contributed by atoms with Crippen molar-refractivity contribution in [3.63, 3.8) is 0 Å². The number of carbonyl (C=O) groups is 3. The number of hydrogen-bond acceptors (Lipinski definition) is 5. The highest BCUT2D eigenvalue weighted by atomic mass is 35.5. The molecule has 3 aromatic rings. The lowest BCUT2D eigenvalue weighted by Crippen LogP contribution is -2.45. The molecule has 1 fully saturated rings. The lowest BCUT2D eigenvalue weighted by atomic mass is 10.1. The van der Waals surface area contributed by atoms with Crippen LogP contribution in [0, 0.1) is 0 Å². The van der Waals surface area contributed by atoms with E-state index in [1.807, 2.05) is 13.0 Å². The van der Waals surface area contributed by atoms with Gasteiger partial charge in [-0.3, -0.25) is 14.4 Å². The van der Waals surface area contributed by atoms with Crippen molar-refractivity contribution in [2.24, 2.45) is 0 Å². The van der Waals surface area contributed by atoms with E-state index in [0.29, 0.717) is 39.9 Å². The fourth-order valence-corrected chi connectivity index (χ4v) is 4.22. The largest absolute Gasteiger partial charge is 0.497 e. The zero-order chi connectivity index (χ0) is 24.9. The molecule has 4 rings (SSSR count). The van der Waals surface area contributed by atoms with Crippen LogP contribution >= 0.6 is 11.6 Å². The molecule has 0 spiro atoms. The summed E-state index contributed by atoms with van der Waals surface area (Å²) in [5.41, 5.74) is 1.48. The zero-order valence-corrected chi connectivity index (χ0v) is 20.2. The summed E-state index contributed by atoms with van der Waals surface area (Å²) in [6, 6.07) is 19.5. The molecule has 1 aliphatic heterocycles. The highest BCUT2D eigenvalue weighted by Crippen LogP contribution is 2.30. The van der Waals surface area contributed by atoms with Crippen LogP contribution in [0.5, 0.6) is 11.5 Å². The second kappa shape index (κ2) is 10.6. The first-order valence-corrected chi connectivity index (χ1v) is 11.6. The molecule has 35 heavy (non-hydrogen) atoms. The standard InChI is InChI=1S/C27H25ClN2O5/c1-3-35-22-14-10-20(11-15-22)30-25(31)16-24(27(30)33)29(17-19-6-4-5-7-23(19)28)26(32)18-8-12-21(34-2)13-9-18/h4-15,24H,3,16-17H2,1-2H3. The molecule has 7 nitrogen and oxygen atoms in total. The minimum absolute atomic E-state index is 0.0747. The van der Waals surface area contributed by atoms with Crippen molar-refractivity contribution in [2.45, 2.75) is 25.9 Å². The van der Waals surface area contributed by atoms with Crippen LogP contribution in [-0.4, -0.2) is 42.4 Å². The van der Waals surface area contributed by atoms with Gasteiger partial charge < -0.3 is 14.4 Å². The number of anilines is 1. The molecule has 1 heterocycles. The van der Waals surface area contributed by atoms with Gasteiger partial charge in [0, 0.05) is 17.1 Å². The van der Waals surface area contributed by atoms with E-state index >= 15 is 0 Å². The molecule has 3 amide bonds. The van der Waals surface area contributed by atoms with E-state index in [1.165, 1.54) is 4.90 Å². The Morgan fingerprint density at radius 2 is 1.66 bits per heavy atom. The molecule has 1 saturated heterocycles. The van der Waals surface area contributed by atoms with Crippen LogP contribution in [0.1, 0.15) is 29.3 Å². The molecule has 0 aliphatic carbocycles. The lowest BCUT2D eigenvalue weighted by molar-refractivity contribution is -0.122. The summed E-state index contributed by atoms with van der Waals surface area (Å²) < 4.78 is 10.6. The summed E-state index contributed by atoms with van der Waals surface area (Å²) in [5, 5.41) is 0.472. The monoisotopic (exact) mass is 492 g/mol. The fourth-order valence-electron chi connectivity index (χ4n) is 4.02. The Hall–Kier alpha value is -3.84. The Morgan fingerprint density at radius 1 is 1.00 bits per heavy atom. The molecule has 0 N–H and O–H groups in total. The molecular weight excluding hydrogens is 468 g/mol. The van der Waals surface area contributed by atoms with Gasteiger partial charge in [0.15, 0.2) is 0 Å². The molecule has 0 saturated carbocycles. The van der Waals surface area contributed by atoms with Gasteiger partial charge >= 0.3 is 0 Å². The Bertz CT molecular complexity index is 1230. The summed E-state index contributed by atoms with van der Waals surface area (Å²) in [6.07, 6.45) is -0.127. The van der Waals surface area contributed by atoms with Crippen molar-refractivity contribution in [2.75, 3.05) is 18.6 Å². The SMILES string of the molecule is CCOc1ccc(N2C(=O)CC(N(Cc3ccccc3Cl)C(=O)c3ccc(OC)cc3)C2=O)cc1. The van der Waals surface area contributed by atoms with Crippen LogP contribution in [0.4, 0.5) is 5.69 Å². The van der Waals surface area contributed by atoms with Gasteiger partial charge in [0.05, 0.1) is 25.8 Å². The first-order chi connectivity index (χ1) is 16.9. The normalized spacial score (nSPS) is 15.3. The summed E-state index contributed by atoms with van der Waals surface area (Å²) in [4.78, 5) is 42.6. The van der Waals surface area contributed by atoms with E-state index in [-0.39, 0.29) is 24.8 Å². The van der Waals surface area contributed by atoms with Crippen LogP contribution in [0.15, 0.2) is 72.8 Å². The maximum Gasteiger partial charge on any atom is 0.257 e. The van der Waals surface area contributed by atoms with E-state index in [9.17, 15) is 14.4 Å². The van der Waals surface area contributed by atoms with Gasteiger partial charge in [-0.15, -0.1) is 0 Å². The zero-order valence-electron chi connectivity index (χ0n) is 19.4. The predicted molar refractivity (Wildman–Crippen MR) is 133 cm³/mol. The van der Waals surface area contributed by atoms with Gasteiger partial charge in [0.2, 0.25) is 5.91 Å². The first-order valence-electron chi connectivity index (χ1n) is 11.2. The minimum atomic E-state index is -0.972. The van der Waals surface area contributed by atoms with Crippen LogP contribution < -0.4 is 14.4 Å². The van der Waals surface area contributed by atoms with Gasteiger partial charge in [-0.2, -0.15) is 0 Å². The number of nitrogens with zero attached hydrogens (tertiary/aromatic N) is 2. The molecule has 0 radical (unpaired) electrons. The van der Waals surface area contributed by atoms with Gasteiger partial charge in [0.1, 0.15) is 17.5 Å². The topological polar surface area (TPSA) is 76.2 Å². The number of halogens is 1. The average Bonchev–Trinajstić information content (AvgIpc) is 3.17. The predicted octanol–water partition coefficient (Wildman–Crippen LogP) is 4.72. The molecule has 0 aromatic heterocycles. The summed E-state index contributed by atoms with van der Waals surface area (Å²) in [6.45, 7) is 2.46. The second-order valence-corrected chi connectivity index (χ2v) is 8.37. The summed E-state index contributed by atoms with van der Waals surface area (Å²) in [7, 11) is 1.54. The van der Waals surface area contributed by atoms with Crippen LogP contribution in [0.25, 0.3) is 0 Å². The lowest BCUT2D eigenvalue weighted by Gasteiger charge is -2.28. The average molecular weight is 493 g/mol. The number of carbonyl (C=O) groups excluding carboxylic acids is 3. The fraction of sp³-hybridized carbons (Fsp3) is 0.222. The molecule has 1 unspecified atom stereocenters.